The van der Waals surface area contributed by atoms with Gasteiger partial charge in [-0.2, -0.15) is 0 Å². The third-order valence-corrected chi connectivity index (χ3v) is 3.65. The van der Waals surface area contributed by atoms with Crippen molar-refractivity contribution in [2.24, 2.45) is 0 Å². The molecule has 21 heavy (non-hydrogen) atoms. The van der Waals surface area contributed by atoms with Crippen LogP contribution in [0, 0.1) is 0 Å². The maximum absolute atomic E-state index is 6.09. The summed E-state index contributed by atoms with van der Waals surface area (Å²) in [7, 11) is 0. The molecule has 0 bridgehead atoms. The van der Waals surface area contributed by atoms with Crippen LogP contribution in [0.2, 0.25) is 0 Å². The molecule has 1 heteroatoms. The molecule has 0 spiro atoms. The molecule has 0 amide bonds. The molecule has 0 aromatic heterocycles. The van der Waals surface area contributed by atoms with Gasteiger partial charge in [0.15, 0.2) is 0 Å². The van der Waals surface area contributed by atoms with Crippen molar-refractivity contribution >= 4 is 11.8 Å². The number of anilines is 1. The van der Waals surface area contributed by atoms with Gasteiger partial charge in [-0.1, -0.05) is 79.4 Å². The zero-order valence-corrected chi connectivity index (χ0v) is 11.8. The monoisotopic (exact) mass is 271 g/mol. The van der Waals surface area contributed by atoms with Crippen molar-refractivity contribution in [2.45, 2.75) is 0 Å². The fourth-order valence-corrected chi connectivity index (χ4v) is 2.63. The molecule has 3 aromatic carbocycles. The summed E-state index contributed by atoms with van der Waals surface area (Å²) in [5.41, 5.74) is 12.5. The van der Waals surface area contributed by atoms with Crippen LogP contribution in [-0.4, -0.2) is 0 Å². The summed E-state index contributed by atoms with van der Waals surface area (Å²) >= 11 is 0. The number of rotatable bonds is 3. The topological polar surface area (TPSA) is 26.0 Å². The number of hydrogen-bond donors (Lipinski definition) is 1. The van der Waals surface area contributed by atoms with Gasteiger partial charge in [0.05, 0.1) is 0 Å². The molecule has 0 aliphatic rings. The highest BCUT2D eigenvalue weighted by Crippen LogP contribution is 2.35. The normalized spacial score (nSPS) is 10.3. The zero-order chi connectivity index (χ0) is 14.7. The van der Waals surface area contributed by atoms with E-state index < -0.39 is 0 Å². The Morgan fingerprint density at radius 2 is 1.29 bits per heavy atom. The SMILES string of the molecule is C=Cc1c(N)cccc1-c1ccccc1-c1ccccc1. The van der Waals surface area contributed by atoms with Crippen LogP contribution in [0.4, 0.5) is 5.69 Å². The number of hydrogen-bond acceptors (Lipinski definition) is 1. The van der Waals surface area contributed by atoms with E-state index in [1.54, 1.807) is 0 Å². The van der Waals surface area contributed by atoms with Crippen LogP contribution in [-0.2, 0) is 0 Å². The molecule has 1 nitrogen and oxygen atoms in total. The molecular formula is C20H17N. The molecule has 2 N–H and O–H groups in total. The minimum absolute atomic E-state index is 0.755. The van der Waals surface area contributed by atoms with Gasteiger partial charge in [-0.3, -0.25) is 0 Å². The van der Waals surface area contributed by atoms with Crippen molar-refractivity contribution < 1.29 is 0 Å². The van der Waals surface area contributed by atoms with Crippen LogP contribution in [0.5, 0.6) is 0 Å². The fourth-order valence-electron chi connectivity index (χ4n) is 2.63. The second kappa shape index (κ2) is 5.68. The summed E-state index contributed by atoms with van der Waals surface area (Å²) in [4.78, 5) is 0. The van der Waals surface area contributed by atoms with Gasteiger partial charge in [0.25, 0.3) is 0 Å². The van der Waals surface area contributed by atoms with Gasteiger partial charge in [0, 0.05) is 11.3 Å². The first kappa shape index (κ1) is 13.2. The molecule has 0 atom stereocenters. The molecule has 0 heterocycles. The lowest BCUT2D eigenvalue weighted by Gasteiger charge is -2.14. The van der Waals surface area contributed by atoms with Gasteiger partial charge in [-0.15, -0.1) is 0 Å². The molecule has 0 saturated heterocycles. The summed E-state index contributed by atoms with van der Waals surface area (Å²) < 4.78 is 0. The predicted octanol–water partition coefficient (Wildman–Crippen LogP) is 5.25. The highest BCUT2D eigenvalue weighted by atomic mass is 14.6. The summed E-state index contributed by atoms with van der Waals surface area (Å²) in [5, 5.41) is 0. The molecule has 0 saturated carbocycles. The quantitative estimate of drug-likeness (QED) is 0.647. The smallest absolute Gasteiger partial charge is 0.0393 e. The average molecular weight is 271 g/mol. The predicted molar refractivity (Wildman–Crippen MR) is 91.8 cm³/mol. The van der Waals surface area contributed by atoms with Crippen LogP contribution < -0.4 is 5.73 Å². The number of nitrogens with two attached hydrogens (primary N) is 1. The number of nitrogen functional groups attached to an aromatic ring is 1. The van der Waals surface area contributed by atoms with Crippen LogP contribution >= 0.6 is 0 Å². The van der Waals surface area contributed by atoms with E-state index in [0.717, 1.165) is 16.8 Å². The van der Waals surface area contributed by atoms with Crippen LogP contribution in [0.15, 0.2) is 79.4 Å². The van der Waals surface area contributed by atoms with Gasteiger partial charge >= 0.3 is 0 Å². The first-order valence-corrected chi connectivity index (χ1v) is 6.97. The Bertz CT molecular complexity index is 773. The fraction of sp³-hybridized carbons (Fsp3) is 0. The second-order valence-electron chi connectivity index (χ2n) is 4.92. The lowest BCUT2D eigenvalue weighted by molar-refractivity contribution is 1.56. The third-order valence-electron chi connectivity index (χ3n) is 3.65. The summed E-state index contributed by atoms with van der Waals surface area (Å²) in [6.07, 6.45) is 1.83. The Kier molecular flexibility index (Phi) is 3.57. The minimum atomic E-state index is 0.755. The Morgan fingerprint density at radius 3 is 2.00 bits per heavy atom. The lowest BCUT2D eigenvalue weighted by Crippen LogP contribution is -1.93. The molecule has 102 valence electrons. The molecule has 3 aromatic rings. The second-order valence-corrected chi connectivity index (χ2v) is 4.92. The van der Waals surface area contributed by atoms with Gasteiger partial charge in [0.2, 0.25) is 0 Å². The number of benzene rings is 3. The standard InChI is InChI=1S/C20H17N/c1-2-16-18(13-8-14-20(16)21)19-12-7-6-11-17(19)15-9-4-3-5-10-15/h2-14H,1,21H2. The molecule has 0 aliphatic heterocycles. The van der Waals surface area contributed by atoms with E-state index in [1.165, 1.54) is 16.7 Å². The van der Waals surface area contributed by atoms with Crippen LogP contribution in [0.1, 0.15) is 5.56 Å². The van der Waals surface area contributed by atoms with E-state index in [4.69, 9.17) is 5.73 Å². The van der Waals surface area contributed by atoms with Crippen molar-refractivity contribution in [1.82, 2.24) is 0 Å². The highest BCUT2D eigenvalue weighted by molar-refractivity contribution is 5.90. The van der Waals surface area contributed by atoms with Gasteiger partial charge in [0.1, 0.15) is 0 Å². The summed E-state index contributed by atoms with van der Waals surface area (Å²) in [5.74, 6) is 0. The maximum atomic E-state index is 6.09. The van der Waals surface area contributed by atoms with Gasteiger partial charge < -0.3 is 5.73 Å². The van der Waals surface area contributed by atoms with E-state index in [0.29, 0.717) is 0 Å². The Hall–Kier alpha value is -2.80. The molecule has 0 fully saturated rings. The molecule has 3 rings (SSSR count). The highest BCUT2D eigenvalue weighted by Gasteiger charge is 2.10. The van der Waals surface area contributed by atoms with Crippen LogP contribution in [0.25, 0.3) is 28.3 Å². The maximum Gasteiger partial charge on any atom is 0.0393 e. The van der Waals surface area contributed by atoms with Crippen molar-refractivity contribution in [3.05, 3.63) is 84.9 Å². The molecule has 0 unspecified atom stereocenters. The van der Waals surface area contributed by atoms with E-state index >= 15 is 0 Å². The molecular weight excluding hydrogens is 254 g/mol. The molecule has 0 aliphatic carbocycles. The van der Waals surface area contributed by atoms with Crippen molar-refractivity contribution in [1.29, 1.82) is 0 Å². The summed E-state index contributed by atoms with van der Waals surface area (Å²) in [6.45, 7) is 3.90. The van der Waals surface area contributed by atoms with E-state index in [1.807, 2.05) is 24.3 Å². The average Bonchev–Trinajstić information content (AvgIpc) is 2.55. The third kappa shape index (κ3) is 2.46. The summed E-state index contributed by atoms with van der Waals surface area (Å²) in [6, 6.07) is 24.8. The largest absolute Gasteiger partial charge is 0.398 e. The van der Waals surface area contributed by atoms with Crippen molar-refractivity contribution in [3.8, 4) is 22.3 Å². The van der Waals surface area contributed by atoms with Gasteiger partial charge in [-0.05, 0) is 28.3 Å². The minimum Gasteiger partial charge on any atom is -0.398 e. The van der Waals surface area contributed by atoms with Gasteiger partial charge in [-0.25, -0.2) is 0 Å². The van der Waals surface area contributed by atoms with E-state index in [2.05, 4.69) is 61.2 Å². The van der Waals surface area contributed by atoms with E-state index in [-0.39, 0.29) is 0 Å². The Morgan fingerprint density at radius 1 is 0.667 bits per heavy atom. The lowest BCUT2D eigenvalue weighted by atomic mass is 9.91. The van der Waals surface area contributed by atoms with Crippen LogP contribution in [0.3, 0.4) is 0 Å². The Labute approximate surface area is 125 Å². The van der Waals surface area contributed by atoms with Crippen molar-refractivity contribution in [2.75, 3.05) is 5.73 Å². The Balaban J connectivity index is 2.26. The first-order valence-electron chi connectivity index (χ1n) is 6.97. The van der Waals surface area contributed by atoms with Crippen molar-refractivity contribution in [3.63, 3.8) is 0 Å². The van der Waals surface area contributed by atoms with E-state index in [9.17, 15) is 0 Å². The molecule has 0 radical (unpaired) electrons. The first-order chi connectivity index (χ1) is 10.3. The zero-order valence-electron chi connectivity index (χ0n) is 11.8.